The second kappa shape index (κ2) is 8.69. The van der Waals surface area contributed by atoms with Crippen LogP contribution in [0.3, 0.4) is 0 Å². The van der Waals surface area contributed by atoms with Crippen LogP contribution in [-0.2, 0) is 14.8 Å². The van der Waals surface area contributed by atoms with Crippen molar-refractivity contribution in [3.8, 4) is 0 Å². The average Bonchev–Trinajstić information content (AvgIpc) is 2.64. The molecule has 0 unspecified atom stereocenters. The highest BCUT2D eigenvalue weighted by atomic mass is 35.5. The molecule has 5 nitrogen and oxygen atoms in total. The molecule has 1 atom stereocenters. The second-order valence-corrected chi connectivity index (χ2v) is 8.60. The van der Waals surface area contributed by atoms with Crippen LogP contribution in [-0.4, -0.2) is 46.2 Å². The van der Waals surface area contributed by atoms with Gasteiger partial charge in [-0.25, -0.2) is 13.1 Å². The van der Waals surface area contributed by atoms with Gasteiger partial charge in [0.05, 0.1) is 24.3 Å². The van der Waals surface area contributed by atoms with Gasteiger partial charge in [-0.2, -0.15) is 0 Å². The molecule has 0 aliphatic carbocycles. The van der Waals surface area contributed by atoms with Crippen molar-refractivity contribution in [2.75, 3.05) is 32.8 Å². The molecule has 0 saturated carbocycles. The van der Waals surface area contributed by atoms with Crippen LogP contribution in [0.5, 0.6) is 0 Å². The van der Waals surface area contributed by atoms with Crippen molar-refractivity contribution < 1.29 is 13.2 Å². The molecule has 1 heterocycles. The van der Waals surface area contributed by atoms with Crippen LogP contribution in [0.2, 0.25) is 10.0 Å². The van der Waals surface area contributed by atoms with Gasteiger partial charge in [-0.1, -0.05) is 53.5 Å². The summed E-state index contributed by atoms with van der Waals surface area (Å²) < 4.78 is 34.0. The van der Waals surface area contributed by atoms with Crippen LogP contribution in [0, 0.1) is 0 Å². The van der Waals surface area contributed by atoms with Crippen LogP contribution >= 0.6 is 23.2 Å². The number of rotatable bonds is 6. The van der Waals surface area contributed by atoms with Gasteiger partial charge in [0.2, 0.25) is 10.0 Å². The minimum atomic E-state index is -3.84. The molecule has 3 rings (SSSR count). The van der Waals surface area contributed by atoms with Gasteiger partial charge in [-0.15, -0.1) is 0 Å². The van der Waals surface area contributed by atoms with Crippen molar-refractivity contribution in [3.05, 3.63) is 64.1 Å². The van der Waals surface area contributed by atoms with E-state index < -0.39 is 16.1 Å². The molecule has 0 bridgehead atoms. The van der Waals surface area contributed by atoms with Crippen molar-refractivity contribution >= 4 is 33.2 Å². The molecule has 0 spiro atoms. The first-order valence-corrected chi connectivity index (χ1v) is 10.5. The maximum atomic E-state index is 12.9. The summed E-state index contributed by atoms with van der Waals surface area (Å²) in [4.78, 5) is 2.16. The Morgan fingerprint density at radius 1 is 1.08 bits per heavy atom. The fourth-order valence-corrected chi connectivity index (χ4v) is 4.85. The number of hydrogen-bond donors (Lipinski definition) is 1. The van der Waals surface area contributed by atoms with Crippen LogP contribution in [0.15, 0.2) is 53.4 Å². The number of nitrogens with one attached hydrogen (secondary N) is 1. The van der Waals surface area contributed by atoms with Crippen molar-refractivity contribution in [1.82, 2.24) is 9.62 Å². The van der Waals surface area contributed by atoms with Crippen molar-refractivity contribution in [1.29, 1.82) is 0 Å². The molecule has 0 radical (unpaired) electrons. The van der Waals surface area contributed by atoms with Crippen LogP contribution < -0.4 is 4.72 Å². The summed E-state index contributed by atoms with van der Waals surface area (Å²) in [6.07, 6.45) is 0. The normalized spacial score (nSPS) is 17.2. The maximum absolute atomic E-state index is 12.9. The molecule has 1 aliphatic heterocycles. The summed E-state index contributed by atoms with van der Waals surface area (Å²) in [5.74, 6) is 0. The zero-order valence-electron chi connectivity index (χ0n) is 14.1. The summed E-state index contributed by atoms with van der Waals surface area (Å²) >= 11 is 12.1. The van der Waals surface area contributed by atoms with Crippen LogP contribution in [0.25, 0.3) is 0 Å². The molecule has 0 aromatic heterocycles. The fourth-order valence-electron chi connectivity index (χ4n) is 2.87. The Morgan fingerprint density at radius 2 is 1.77 bits per heavy atom. The molecule has 1 saturated heterocycles. The number of halogens is 2. The molecular formula is C18H20Cl2N2O3S. The van der Waals surface area contributed by atoms with E-state index in [4.69, 9.17) is 27.9 Å². The number of benzene rings is 2. The third kappa shape index (κ3) is 4.97. The second-order valence-electron chi connectivity index (χ2n) is 6.07. The lowest BCUT2D eigenvalue weighted by molar-refractivity contribution is 0.0345. The predicted molar refractivity (Wildman–Crippen MR) is 103 cm³/mol. The molecule has 8 heteroatoms. The Hall–Kier alpha value is -1.15. The first-order chi connectivity index (χ1) is 12.5. The predicted octanol–water partition coefficient (Wildman–Crippen LogP) is 3.35. The van der Waals surface area contributed by atoms with E-state index in [-0.39, 0.29) is 9.92 Å². The van der Waals surface area contributed by atoms with Crippen molar-refractivity contribution in [3.63, 3.8) is 0 Å². The molecule has 1 aliphatic rings. The highest BCUT2D eigenvalue weighted by molar-refractivity contribution is 7.89. The van der Waals surface area contributed by atoms with Crippen LogP contribution in [0.4, 0.5) is 0 Å². The van der Waals surface area contributed by atoms with Crippen molar-refractivity contribution in [2.24, 2.45) is 0 Å². The Balaban J connectivity index is 1.87. The lowest BCUT2D eigenvalue weighted by Crippen LogP contribution is -2.43. The van der Waals surface area contributed by atoms with Gasteiger partial charge in [0.25, 0.3) is 0 Å². The monoisotopic (exact) mass is 414 g/mol. The van der Waals surface area contributed by atoms with E-state index in [0.717, 1.165) is 18.7 Å². The smallest absolute Gasteiger partial charge is 0.242 e. The molecule has 2 aromatic carbocycles. The average molecular weight is 415 g/mol. The molecule has 1 fully saturated rings. The molecule has 26 heavy (non-hydrogen) atoms. The van der Waals surface area contributed by atoms with Gasteiger partial charge in [-0.3, -0.25) is 4.90 Å². The molecule has 1 N–H and O–H groups in total. The Bertz CT molecular complexity index is 841. The Morgan fingerprint density at radius 3 is 2.46 bits per heavy atom. The number of sulfonamides is 1. The van der Waals surface area contributed by atoms with E-state index in [2.05, 4.69) is 9.62 Å². The first kappa shape index (κ1) is 19.6. The number of nitrogens with zero attached hydrogens (tertiary/aromatic N) is 1. The quantitative estimate of drug-likeness (QED) is 0.786. The minimum Gasteiger partial charge on any atom is -0.379 e. The van der Waals surface area contributed by atoms with E-state index in [1.165, 1.54) is 12.1 Å². The molecular weight excluding hydrogens is 395 g/mol. The maximum Gasteiger partial charge on any atom is 0.242 e. The lowest BCUT2D eigenvalue weighted by Gasteiger charge is -2.31. The van der Waals surface area contributed by atoms with Gasteiger partial charge in [0.15, 0.2) is 0 Å². The van der Waals surface area contributed by atoms with Gasteiger partial charge >= 0.3 is 0 Å². The van der Waals surface area contributed by atoms with Gasteiger partial charge in [-0.05, 0) is 23.8 Å². The summed E-state index contributed by atoms with van der Waals surface area (Å²) in [6.45, 7) is 3.37. The number of ether oxygens (including phenoxy) is 1. The van der Waals surface area contributed by atoms with Gasteiger partial charge < -0.3 is 4.74 Å². The highest BCUT2D eigenvalue weighted by Gasteiger charge is 2.26. The third-order valence-electron chi connectivity index (χ3n) is 4.23. The van der Waals surface area contributed by atoms with Gasteiger partial charge in [0, 0.05) is 24.7 Å². The molecule has 140 valence electrons. The summed E-state index contributed by atoms with van der Waals surface area (Å²) in [5, 5.41) is 0.458. The van der Waals surface area contributed by atoms with Crippen molar-refractivity contribution in [2.45, 2.75) is 10.9 Å². The van der Waals surface area contributed by atoms with Crippen LogP contribution in [0.1, 0.15) is 11.6 Å². The largest absolute Gasteiger partial charge is 0.379 e. The van der Waals surface area contributed by atoms with E-state index in [1.54, 1.807) is 6.07 Å². The molecule has 2 aromatic rings. The topological polar surface area (TPSA) is 58.6 Å². The Labute approximate surface area is 163 Å². The van der Waals surface area contributed by atoms with E-state index in [1.807, 2.05) is 30.3 Å². The van der Waals surface area contributed by atoms with E-state index >= 15 is 0 Å². The number of morpholine rings is 1. The summed E-state index contributed by atoms with van der Waals surface area (Å²) in [6, 6.07) is 13.5. The van der Waals surface area contributed by atoms with Gasteiger partial charge in [0.1, 0.15) is 4.90 Å². The summed E-state index contributed by atoms with van der Waals surface area (Å²) in [7, 11) is -3.84. The first-order valence-electron chi connectivity index (χ1n) is 8.28. The third-order valence-corrected chi connectivity index (χ3v) is 6.41. The highest BCUT2D eigenvalue weighted by Crippen LogP contribution is 2.27. The minimum absolute atomic E-state index is 0.0189. The molecule has 0 amide bonds. The fraction of sp³-hybridized carbons (Fsp3) is 0.333. The zero-order chi connectivity index (χ0) is 18.6. The zero-order valence-corrected chi connectivity index (χ0v) is 16.4. The van der Waals surface area contributed by atoms with E-state index in [0.29, 0.717) is 24.8 Å². The lowest BCUT2D eigenvalue weighted by atomic mass is 10.1. The summed E-state index contributed by atoms with van der Waals surface area (Å²) in [5.41, 5.74) is 0.890. The standard InChI is InChI=1S/C18H20Cl2N2O3S/c19-15-6-7-16(20)18(12-15)26(23,24)21-17(14-4-2-1-3-5-14)13-22-8-10-25-11-9-22/h1-7,12,17,21H,8-11,13H2/t17-/m0/s1. The number of hydrogen-bond acceptors (Lipinski definition) is 4. The van der Waals surface area contributed by atoms with E-state index in [9.17, 15) is 8.42 Å². The SMILES string of the molecule is O=S(=O)(N[C@@H](CN1CCOCC1)c1ccccc1)c1cc(Cl)ccc1Cl. The Kier molecular flexibility index (Phi) is 6.55.